The zero-order valence-corrected chi connectivity index (χ0v) is 11.6. The summed E-state index contributed by atoms with van der Waals surface area (Å²) in [7, 11) is 0. The second-order valence-corrected chi connectivity index (χ2v) is 4.69. The minimum Gasteiger partial charge on any atom is -0.449 e. The molecule has 0 fully saturated rings. The van der Waals surface area contributed by atoms with Crippen molar-refractivity contribution in [3.05, 3.63) is 35.6 Å². The van der Waals surface area contributed by atoms with Crippen LogP contribution < -0.4 is 10.6 Å². The number of hydrogen-bond donors (Lipinski definition) is 2. The molecule has 0 spiro atoms. The Morgan fingerprint density at radius 3 is 2.60 bits per heavy atom. The summed E-state index contributed by atoms with van der Waals surface area (Å²) in [4.78, 5) is 22.8. The number of ether oxygens (including phenoxy) is 1. The summed E-state index contributed by atoms with van der Waals surface area (Å²) in [5.41, 5.74) is 0.243. The maximum Gasteiger partial charge on any atom is 0.407 e. The lowest BCUT2D eigenvalue weighted by Crippen LogP contribution is -2.35. The van der Waals surface area contributed by atoms with Gasteiger partial charge in [-0.25, -0.2) is 9.18 Å². The average Bonchev–Trinajstić information content (AvgIpc) is 2.41. The van der Waals surface area contributed by atoms with Gasteiger partial charge in [-0.2, -0.15) is 0 Å². The quantitative estimate of drug-likeness (QED) is 0.783. The van der Waals surface area contributed by atoms with Crippen LogP contribution in [0.1, 0.15) is 24.2 Å². The molecular weight excluding hydrogens is 263 g/mol. The monoisotopic (exact) mass is 282 g/mol. The maximum absolute atomic E-state index is 12.9. The summed E-state index contributed by atoms with van der Waals surface area (Å²) >= 11 is 0. The predicted molar refractivity (Wildman–Crippen MR) is 72.9 cm³/mol. The van der Waals surface area contributed by atoms with Gasteiger partial charge in [-0.3, -0.25) is 4.79 Å². The molecule has 5 nitrogen and oxygen atoms in total. The number of halogens is 1. The number of amides is 2. The molecule has 0 atom stereocenters. The van der Waals surface area contributed by atoms with Crippen LogP contribution in [0.15, 0.2) is 24.3 Å². The van der Waals surface area contributed by atoms with E-state index < -0.39 is 11.9 Å². The second kappa shape index (κ2) is 8.14. The molecule has 0 aromatic heterocycles. The molecule has 0 bridgehead atoms. The first-order chi connectivity index (χ1) is 9.49. The van der Waals surface area contributed by atoms with Gasteiger partial charge in [0.25, 0.3) is 5.91 Å². The molecular formula is C14H19FN2O3. The highest BCUT2D eigenvalue weighted by molar-refractivity contribution is 5.94. The van der Waals surface area contributed by atoms with E-state index in [2.05, 4.69) is 10.6 Å². The normalized spacial score (nSPS) is 10.2. The van der Waals surface area contributed by atoms with Gasteiger partial charge < -0.3 is 15.4 Å². The third-order valence-corrected chi connectivity index (χ3v) is 2.31. The Hall–Kier alpha value is -2.11. The van der Waals surface area contributed by atoms with Crippen LogP contribution in [0.4, 0.5) is 9.18 Å². The van der Waals surface area contributed by atoms with E-state index in [0.29, 0.717) is 6.61 Å². The summed E-state index contributed by atoms with van der Waals surface area (Å²) in [6.07, 6.45) is -0.515. The van der Waals surface area contributed by atoms with Crippen molar-refractivity contribution in [2.75, 3.05) is 19.7 Å². The number of nitrogens with one attached hydrogen (secondary N) is 2. The lowest BCUT2D eigenvalue weighted by Gasteiger charge is -2.09. The zero-order valence-electron chi connectivity index (χ0n) is 11.6. The molecule has 1 aromatic rings. The lowest BCUT2D eigenvalue weighted by molar-refractivity contribution is 0.0951. The maximum atomic E-state index is 12.9. The highest BCUT2D eigenvalue weighted by Gasteiger charge is 2.06. The molecule has 110 valence electrons. The zero-order chi connectivity index (χ0) is 15.0. The highest BCUT2D eigenvalue weighted by Crippen LogP contribution is 2.02. The highest BCUT2D eigenvalue weighted by atomic mass is 19.1. The first-order valence-electron chi connectivity index (χ1n) is 6.43. The SMILES string of the molecule is CC(C)COC(=O)NCCNC(=O)c1cccc(F)c1. The fourth-order valence-corrected chi connectivity index (χ4v) is 1.37. The van der Waals surface area contributed by atoms with Gasteiger partial charge in [-0.1, -0.05) is 19.9 Å². The van der Waals surface area contributed by atoms with E-state index in [1.807, 2.05) is 13.8 Å². The molecule has 0 heterocycles. The minimum atomic E-state index is -0.515. The van der Waals surface area contributed by atoms with Crippen LogP contribution in [0.5, 0.6) is 0 Å². The van der Waals surface area contributed by atoms with Crippen LogP contribution in [0.25, 0.3) is 0 Å². The van der Waals surface area contributed by atoms with Gasteiger partial charge in [0.15, 0.2) is 0 Å². The van der Waals surface area contributed by atoms with Crippen molar-refractivity contribution in [3.63, 3.8) is 0 Å². The summed E-state index contributed by atoms with van der Waals surface area (Å²) in [5.74, 6) is -0.580. The Balaban J connectivity index is 2.21. The molecule has 0 aliphatic rings. The third kappa shape index (κ3) is 6.17. The van der Waals surface area contributed by atoms with Gasteiger partial charge >= 0.3 is 6.09 Å². The van der Waals surface area contributed by atoms with Crippen molar-refractivity contribution >= 4 is 12.0 Å². The van der Waals surface area contributed by atoms with Gasteiger partial charge in [0.1, 0.15) is 5.82 Å². The molecule has 0 unspecified atom stereocenters. The van der Waals surface area contributed by atoms with Gasteiger partial charge in [0.2, 0.25) is 0 Å². The number of alkyl carbamates (subject to hydrolysis) is 1. The Bertz CT molecular complexity index is 463. The molecule has 2 N–H and O–H groups in total. The number of hydrogen-bond acceptors (Lipinski definition) is 3. The molecule has 1 rings (SSSR count). The van der Waals surface area contributed by atoms with Crippen LogP contribution in [0.2, 0.25) is 0 Å². The molecule has 0 radical (unpaired) electrons. The molecule has 0 saturated carbocycles. The minimum absolute atomic E-state index is 0.242. The first kappa shape index (κ1) is 15.9. The van der Waals surface area contributed by atoms with Crippen LogP contribution in [0.3, 0.4) is 0 Å². The van der Waals surface area contributed by atoms with Crippen molar-refractivity contribution in [2.45, 2.75) is 13.8 Å². The summed E-state index contributed by atoms with van der Waals surface area (Å²) < 4.78 is 17.8. The molecule has 0 saturated heterocycles. The van der Waals surface area contributed by atoms with Crippen molar-refractivity contribution in [1.29, 1.82) is 0 Å². The Morgan fingerprint density at radius 1 is 1.25 bits per heavy atom. The van der Waals surface area contributed by atoms with Crippen LogP contribution in [0, 0.1) is 11.7 Å². The molecule has 20 heavy (non-hydrogen) atoms. The van der Waals surface area contributed by atoms with E-state index in [1.54, 1.807) is 0 Å². The van der Waals surface area contributed by atoms with Crippen molar-refractivity contribution in [3.8, 4) is 0 Å². The van der Waals surface area contributed by atoms with Crippen molar-refractivity contribution < 1.29 is 18.7 Å². The fraction of sp³-hybridized carbons (Fsp3) is 0.429. The first-order valence-corrected chi connectivity index (χ1v) is 6.43. The van der Waals surface area contributed by atoms with Crippen LogP contribution in [-0.2, 0) is 4.74 Å². The van der Waals surface area contributed by atoms with E-state index in [9.17, 15) is 14.0 Å². The number of carbonyl (C=O) groups is 2. The summed E-state index contributed by atoms with van der Waals surface area (Å²) in [6, 6.07) is 5.40. The lowest BCUT2D eigenvalue weighted by atomic mass is 10.2. The van der Waals surface area contributed by atoms with Crippen molar-refractivity contribution in [2.24, 2.45) is 5.92 Å². The number of rotatable bonds is 6. The molecule has 1 aromatic carbocycles. The predicted octanol–water partition coefficient (Wildman–Crippen LogP) is 1.94. The summed E-state index contributed by atoms with van der Waals surface area (Å²) in [5, 5.41) is 5.08. The Labute approximate surface area is 117 Å². The Kier molecular flexibility index (Phi) is 6.49. The largest absolute Gasteiger partial charge is 0.449 e. The Morgan fingerprint density at radius 2 is 1.95 bits per heavy atom. The van der Waals surface area contributed by atoms with Crippen LogP contribution in [-0.4, -0.2) is 31.7 Å². The van der Waals surface area contributed by atoms with E-state index in [1.165, 1.54) is 18.2 Å². The number of carbonyl (C=O) groups excluding carboxylic acids is 2. The van der Waals surface area contributed by atoms with E-state index >= 15 is 0 Å². The van der Waals surface area contributed by atoms with Gasteiger partial charge in [0, 0.05) is 18.7 Å². The smallest absolute Gasteiger partial charge is 0.407 e. The molecule has 6 heteroatoms. The fourth-order valence-electron chi connectivity index (χ4n) is 1.37. The molecule has 0 aliphatic carbocycles. The van der Waals surface area contributed by atoms with E-state index in [0.717, 1.165) is 6.07 Å². The van der Waals surface area contributed by atoms with Gasteiger partial charge in [-0.05, 0) is 24.1 Å². The third-order valence-electron chi connectivity index (χ3n) is 2.31. The van der Waals surface area contributed by atoms with Gasteiger partial charge in [-0.15, -0.1) is 0 Å². The second-order valence-electron chi connectivity index (χ2n) is 4.69. The van der Waals surface area contributed by atoms with Gasteiger partial charge in [0.05, 0.1) is 6.61 Å². The topological polar surface area (TPSA) is 67.4 Å². The molecule has 2 amide bonds. The molecule has 0 aliphatic heterocycles. The van der Waals surface area contributed by atoms with Crippen molar-refractivity contribution in [1.82, 2.24) is 10.6 Å². The summed E-state index contributed by atoms with van der Waals surface area (Å²) in [6.45, 7) is 4.71. The van der Waals surface area contributed by atoms with E-state index in [-0.39, 0.29) is 30.5 Å². The van der Waals surface area contributed by atoms with Crippen LogP contribution >= 0.6 is 0 Å². The standard InChI is InChI=1S/C14H19FN2O3/c1-10(2)9-20-14(19)17-7-6-16-13(18)11-4-3-5-12(15)8-11/h3-5,8,10H,6-7,9H2,1-2H3,(H,16,18)(H,17,19). The number of benzene rings is 1. The average molecular weight is 282 g/mol. The van der Waals surface area contributed by atoms with E-state index in [4.69, 9.17) is 4.74 Å².